The molecule has 0 atom stereocenters. The lowest BCUT2D eigenvalue weighted by atomic mass is 10.2. The van der Waals surface area contributed by atoms with Gasteiger partial charge >= 0.3 is 0 Å². The zero-order valence-electron chi connectivity index (χ0n) is 9.88. The van der Waals surface area contributed by atoms with Gasteiger partial charge in [0.1, 0.15) is 10.5 Å². The van der Waals surface area contributed by atoms with E-state index in [-0.39, 0.29) is 32.3 Å². The van der Waals surface area contributed by atoms with Crippen LogP contribution in [0, 0.1) is 0 Å². The number of benzene rings is 1. The van der Waals surface area contributed by atoms with E-state index in [1.54, 1.807) is 6.20 Å². The summed E-state index contributed by atoms with van der Waals surface area (Å²) in [5.74, 6) is -0.246. The van der Waals surface area contributed by atoms with Crippen LogP contribution in [-0.4, -0.2) is 19.6 Å². The molecule has 102 valence electrons. The fourth-order valence-corrected chi connectivity index (χ4v) is 2.99. The van der Waals surface area contributed by atoms with Crippen molar-refractivity contribution < 1.29 is 5.11 Å². The van der Waals surface area contributed by atoms with Crippen molar-refractivity contribution in [3.8, 4) is 5.75 Å². The van der Waals surface area contributed by atoms with E-state index in [0.29, 0.717) is 6.54 Å². The molecule has 0 unspecified atom stereocenters. The van der Waals surface area contributed by atoms with Gasteiger partial charge in [0, 0.05) is 11.6 Å². The van der Waals surface area contributed by atoms with E-state index in [2.05, 4.69) is 9.97 Å². The Balaban J connectivity index is 2.23. The predicted octanol–water partition coefficient (Wildman–Crippen LogP) is 2.91. The standard InChI is InChI=1S/C12H7Cl2N3O2S/c13-6-3-7(14)11(18)10-9(6)12(19)17(5-16-10)4-8-15-1-2-20-8/h1-3,5,18H,4H2. The monoisotopic (exact) mass is 327 g/mol. The molecule has 2 aromatic heterocycles. The van der Waals surface area contributed by atoms with Gasteiger partial charge in [-0.15, -0.1) is 11.3 Å². The van der Waals surface area contributed by atoms with Crippen molar-refractivity contribution in [3.63, 3.8) is 0 Å². The van der Waals surface area contributed by atoms with Gasteiger partial charge in [-0.3, -0.25) is 9.36 Å². The lowest BCUT2D eigenvalue weighted by molar-refractivity contribution is 0.480. The Labute approximate surface area is 127 Å². The number of halogens is 2. The van der Waals surface area contributed by atoms with Crippen molar-refractivity contribution >= 4 is 45.4 Å². The third-order valence-corrected chi connectivity index (χ3v) is 4.12. The molecular weight excluding hydrogens is 321 g/mol. The van der Waals surface area contributed by atoms with Crippen LogP contribution in [0.2, 0.25) is 10.0 Å². The number of hydrogen-bond donors (Lipinski definition) is 1. The Bertz CT molecular complexity index is 846. The predicted molar refractivity (Wildman–Crippen MR) is 78.9 cm³/mol. The summed E-state index contributed by atoms with van der Waals surface area (Å²) in [6, 6.07) is 1.33. The van der Waals surface area contributed by atoms with Crippen LogP contribution >= 0.6 is 34.5 Å². The van der Waals surface area contributed by atoms with Crippen LogP contribution < -0.4 is 5.56 Å². The lowest BCUT2D eigenvalue weighted by Crippen LogP contribution is -2.21. The maximum absolute atomic E-state index is 12.4. The van der Waals surface area contributed by atoms with Crippen LogP contribution in [0.1, 0.15) is 5.01 Å². The average Bonchev–Trinajstić information content (AvgIpc) is 2.91. The number of aromatic hydroxyl groups is 1. The molecule has 1 N–H and O–H groups in total. The summed E-state index contributed by atoms with van der Waals surface area (Å²) in [4.78, 5) is 20.6. The Morgan fingerprint density at radius 1 is 1.30 bits per heavy atom. The number of hydrogen-bond acceptors (Lipinski definition) is 5. The normalized spacial score (nSPS) is 11.1. The summed E-state index contributed by atoms with van der Waals surface area (Å²) in [6.45, 7) is 0.305. The summed E-state index contributed by atoms with van der Waals surface area (Å²) < 4.78 is 1.39. The van der Waals surface area contributed by atoms with Gasteiger partial charge in [0.25, 0.3) is 5.56 Å². The molecule has 0 aliphatic rings. The Hall–Kier alpha value is -1.63. The van der Waals surface area contributed by atoms with Gasteiger partial charge in [-0.1, -0.05) is 23.2 Å². The molecule has 0 spiro atoms. The molecule has 0 aliphatic carbocycles. The summed E-state index contributed by atoms with van der Waals surface area (Å²) in [7, 11) is 0. The van der Waals surface area contributed by atoms with Crippen LogP contribution in [0.25, 0.3) is 10.9 Å². The molecule has 0 fully saturated rings. The molecule has 3 rings (SSSR count). The number of phenolic OH excluding ortho intramolecular Hbond substituents is 1. The second kappa shape index (κ2) is 5.05. The summed E-state index contributed by atoms with van der Waals surface area (Å²) in [6.07, 6.45) is 3.01. The van der Waals surface area contributed by atoms with Gasteiger partial charge in [0.05, 0.1) is 28.3 Å². The van der Waals surface area contributed by atoms with Gasteiger partial charge in [0.2, 0.25) is 0 Å². The average molecular weight is 328 g/mol. The van der Waals surface area contributed by atoms with Crippen LogP contribution in [0.4, 0.5) is 0 Å². The fourth-order valence-electron chi connectivity index (χ4n) is 1.84. The molecule has 1 aromatic carbocycles. The highest BCUT2D eigenvalue weighted by Gasteiger charge is 2.15. The van der Waals surface area contributed by atoms with Crippen LogP contribution in [0.5, 0.6) is 5.75 Å². The maximum Gasteiger partial charge on any atom is 0.263 e. The van der Waals surface area contributed by atoms with Crippen LogP contribution in [-0.2, 0) is 6.54 Å². The van der Waals surface area contributed by atoms with Crippen LogP contribution in [0.15, 0.2) is 28.8 Å². The van der Waals surface area contributed by atoms with Crippen molar-refractivity contribution in [2.24, 2.45) is 0 Å². The zero-order valence-corrected chi connectivity index (χ0v) is 12.2. The first-order valence-electron chi connectivity index (χ1n) is 5.52. The molecule has 0 radical (unpaired) electrons. The van der Waals surface area contributed by atoms with Crippen molar-refractivity contribution in [1.82, 2.24) is 14.5 Å². The van der Waals surface area contributed by atoms with Gasteiger partial charge in [0.15, 0.2) is 5.75 Å². The van der Waals surface area contributed by atoms with Gasteiger partial charge in [-0.2, -0.15) is 0 Å². The lowest BCUT2D eigenvalue weighted by Gasteiger charge is -2.08. The number of thiazole rings is 1. The van der Waals surface area contributed by atoms with Crippen LogP contribution in [0.3, 0.4) is 0 Å². The summed E-state index contributed by atoms with van der Waals surface area (Å²) in [5.41, 5.74) is -0.245. The molecular formula is C12H7Cl2N3O2S. The second-order valence-electron chi connectivity index (χ2n) is 4.02. The Kier molecular flexibility index (Phi) is 3.37. The van der Waals surface area contributed by atoms with E-state index >= 15 is 0 Å². The second-order valence-corrected chi connectivity index (χ2v) is 5.81. The van der Waals surface area contributed by atoms with Crippen molar-refractivity contribution in [1.29, 1.82) is 0 Å². The maximum atomic E-state index is 12.4. The van der Waals surface area contributed by atoms with Gasteiger partial charge in [-0.25, -0.2) is 9.97 Å². The summed E-state index contributed by atoms with van der Waals surface area (Å²) in [5, 5.41) is 12.8. The highest BCUT2D eigenvalue weighted by molar-refractivity contribution is 7.09. The quantitative estimate of drug-likeness (QED) is 0.785. The Morgan fingerprint density at radius 3 is 2.80 bits per heavy atom. The number of nitrogens with zero attached hydrogens (tertiary/aromatic N) is 3. The molecule has 0 saturated heterocycles. The minimum atomic E-state index is -0.345. The third kappa shape index (κ3) is 2.15. The van der Waals surface area contributed by atoms with Gasteiger partial charge in [-0.05, 0) is 6.07 Å². The first-order chi connectivity index (χ1) is 9.58. The van der Waals surface area contributed by atoms with E-state index < -0.39 is 0 Å². The molecule has 3 aromatic rings. The molecule has 0 amide bonds. The smallest absolute Gasteiger partial charge is 0.263 e. The minimum Gasteiger partial charge on any atom is -0.504 e. The largest absolute Gasteiger partial charge is 0.504 e. The van der Waals surface area contributed by atoms with E-state index in [4.69, 9.17) is 23.2 Å². The highest BCUT2D eigenvalue weighted by Crippen LogP contribution is 2.34. The van der Waals surface area contributed by atoms with E-state index in [1.807, 2.05) is 5.38 Å². The molecule has 20 heavy (non-hydrogen) atoms. The zero-order chi connectivity index (χ0) is 14.3. The number of rotatable bonds is 2. The van der Waals surface area contributed by atoms with Crippen molar-refractivity contribution in [2.45, 2.75) is 6.54 Å². The van der Waals surface area contributed by atoms with Crippen molar-refractivity contribution in [3.05, 3.63) is 49.4 Å². The molecule has 0 saturated carbocycles. The first kappa shape index (κ1) is 13.4. The third-order valence-electron chi connectivity index (χ3n) is 2.77. The highest BCUT2D eigenvalue weighted by atomic mass is 35.5. The summed E-state index contributed by atoms with van der Waals surface area (Å²) >= 11 is 13.3. The van der Waals surface area contributed by atoms with E-state index in [9.17, 15) is 9.90 Å². The molecule has 0 bridgehead atoms. The van der Waals surface area contributed by atoms with Crippen molar-refractivity contribution in [2.75, 3.05) is 0 Å². The minimum absolute atomic E-state index is 0.0621. The van der Waals surface area contributed by atoms with E-state index in [0.717, 1.165) is 5.01 Å². The Morgan fingerprint density at radius 2 is 2.10 bits per heavy atom. The number of fused-ring (bicyclic) bond motifs is 1. The molecule has 8 heteroatoms. The van der Waals surface area contributed by atoms with E-state index in [1.165, 1.54) is 28.3 Å². The number of aromatic nitrogens is 3. The van der Waals surface area contributed by atoms with Gasteiger partial charge < -0.3 is 5.11 Å². The molecule has 0 aliphatic heterocycles. The topological polar surface area (TPSA) is 68.0 Å². The SMILES string of the molecule is O=c1c2c(Cl)cc(Cl)c(O)c2ncn1Cc1nccs1. The molecule has 2 heterocycles. The first-order valence-corrected chi connectivity index (χ1v) is 7.16. The molecule has 5 nitrogen and oxygen atoms in total. The number of phenols is 1. The fraction of sp³-hybridized carbons (Fsp3) is 0.0833.